The first-order valence-electron chi connectivity index (χ1n) is 7.14. The van der Waals surface area contributed by atoms with Crippen molar-refractivity contribution in [3.63, 3.8) is 0 Å². The first kappa shape index (κ1) is 16.0. The smallest absolute Gasteiger partial charge is 0.326 e. The number of amides is 1. The molecule has 1 heterocycles. The lowest BCUT2D eigenvalue weighted by Gasteiger charge is -2.30. The molecule has 19 heavy (non-hydrogen) atoms. The highest BCUT2D eigenvalue weighted by Crippen LogP contribution is 2.15. The Morgan fingerprint density at radius 1 is 1.42 bits per heavy atom. The van der Waals surface area contributed by atoms with Gasteiger partial charge in [-0.1, -0.05) is 20.8 Å². The molecule has 1 rings (SSSR count). The fraction of sp³-hybridized carbons (Fsp3) is 0.857. The van der Waals surface area contributed by atoms with Crippen LogP contribution in [0.5, 0.6) is 0 Å². The van der Waals surface area contributed by atoms with Crippen molar-refractivity contribution in [1.82, 2.24) is 10.2 Å². The maximum absolute atomic E-state index is 11.8. The van der Waals surface area contributed by atoms with Crippen molar-refractivity contribution in [3.05, 3.63) is 0 Å². The summed E-state index contributed by atoms with van der Waals surface area (Å²) in [6.07, 6.45) is 2.83. The Morgan fingerprint density at radius 2 is 2.11 bits per heavy atom. The molecule has 1 aliphatic heterocycles. The van der Waals surface area contributed by atoms with Gasteiger partial charge in [0.05, 0.1) is 0 Å². The molecule has 2 N–H and O–H groups in total. The van der Waals surface area contributed by atoms with Crippen LogP contribution >= 0.6 is 0 Å². The molecule has 2 atom stereocenters. The summed E-state index contributed by atoms with van der Waals surface area (Å²) in [6, 6.07) is -0.784. The van der Waals surface area contributed by atoms with Crippen LogP contribution in [0.15, 0.2) is 0 Å². The van der Waals surface area contributed by atoms with Gasteiger partial charge in [0.2, 0.25) is 5.91 Å². The SMILES string of the molecule is CC1CCCN(CCC(=O)NC(C(=O)O)C(C)C)C1. The van der Waals surface area contributed by atoms with E-state index in [0.29, 0.717) is 12.3 Å². The molecule has 0 saturated carbocycles. The summed E-state index contributed by atoms with van der Waals surface area (Å²) in [7, 11) is 0. The van der Waals surface area contributed by atoms with E-state index in [4.69, 9.17) is 5.11 Å². The zero-order valence-corrected chi connectivity index (χ0v) is 12.2. The number of likely N-dealkylation sites (tertiary alicyclic amines) is 1. The summed E-state index contributed by atoms with van der Waals surface area (Å²) in [5, 5.41) is 11.6. The van der Waals surface area contributed by atoms with Crippen molar-refractivity contribution in [2.24, 2.45) is 11.8 Å². The fourth-order valence-corrected chi connectivity index (χ4v) is 2.51. The van der Waals surface area contributed by atoms with Crippen LogP contribution < -0.4 is 5.32 Å². The van der Waals surface area contributed by atoms with Crippen LogP contribution in [-0.2, 0) is 9.59 Å². The topological polar surface area (TPSA) is 69.6 Å². The van der Waals surface area contributed by atoms with E-state index in [2.05, 4.69) is 17.1 Å². The fourth-order valence-electron chi connectivity index (χ4n) is 2.51. The van der Waals surface area contributed by atoms with Gasteiger partial charge in [-0.15, -0.1) is 0 Å². The maximum atomic E-state index is 11.8. The number of carbonyl (C=O) groups is 2. The van der Waals surface area contributed by atoms with Gasteiger partial charge in [0.25, 0.3) is 0 Å². The van der Waals surface area contributed by atoms with Gasteiger partial charge in [0.15, 0.2) is 0 Å². The van der Waals surface area contributed by atoms with E-state index in [1.165, 1.54) is 12.8 Å². The van der Waals surface area contributed by atoms with Crippen molar-refractivity contribution in [1.29, 1.82) is 0 Å². The van der Waals surface area contributed by atoms with Crippen LogP contribution in [0.1, 0.15) is 40.0 Å². The molecule has 0 aromatic carbocycles. The monoisotopic (exact) mass is 270 g/mol. The molecule has 0 aromatic rings. The molecule has 1 amide bonds. The number of hydrogen-bond donors (Lipinski definition) is 2. The van der Waals surface area contributed by atoms with Crippen LogP contribution in [0, 0.1) is 11.8 Å². The number of nitrogens with zero attached hydrogens (tertiary/aromatic N) is 1. The minimum Gasteiger partial charge on any atom is -0.480 e. The second-order valence-electron chi connectivity index (χ2n) is 5.93. The van der Waals surface area contributed by atoms with Gasteiger partial charge in [-0.2, -0.15) is 0 Å². The number of aliphatic carboxylic acids is 1. The van der Waals surface area contributed by atoms with Crippen LogP contribution in [-0.4, -0.2) is 47.6 Å². The van der Waals surface area contributed by atoms with Crippen LogP contribution in [0.3, 0.4) is 0 Å². The standard InChI is InChI=1S/C14H26N2O3/c1-10(2)13(14(18)19)15-12(17)6-8-16-7-4-5-11(3)9-16/h10-11,13H,4-9H2,1-3H3,(H,15,17)(H,18,19). The Bertz CT molecular complexity index is 318. The highest BCUT2D eigenvalue weighted by molar-refractivity contribution is 5.83. The molecule has 5 heteroatoms. The molecule has 110 valence electrons. The Kier molecular flexibility index (Phi) is 6.28. The largest absolute Gasteiger partial charge is 0.480 e. The van der Waals surface area contributed by atoms with Gasteiger partial charge in [-0.05, 0) is 31.2 Å². The third-order valence-corrected chi connectivity index (χ3v) is 3.65. The number of hydrogen-bond acceptors (Lipinski definition) is 3. The number of carbonyl (C=O) groups excluding carboxylic acids is 1. The van der Waals surface area contributed by atoms with Crippen molar-refractivity contribution in [2.45, 2.75) is 46.1 Å². The van der Waals surface area contributed by atoms with E-state index in [9.17, 15) is 9.59 Å². The van der Waals surface area contributed by atoms with E-state index in [1.54, 1.807) is 13.8 Å². The summed E-state index contributed by atoms with van der Waals surface area (Å²) >= 11 is 0. The van der Waals surface area contributed by atoms with E-state index in [0.717, 1.165) is 19.6 Å². The zero-order chi connectivity index (χ0) is 14.4. The zero-order valence-electron chi connectivity index (χ0n) is 12.2. The predicted molar refractivity (Wildman–Crippen MR) is 73.9 cm³/mol. The van der Waals surface area contributed by atoms with Crippen molar-refractivity contribution in [2.75, 3.05) is 19.6 Å². The quantitative estimate of drug-likeness (QED) is 0.764. The Morgan fingerprint density at radius 3 is 2.63 bits per heavy atom. The predicted octanol–water partition coefficient (Wildman–Crippen LogP) is 1.33. The van der Waals surface area contributed by atoms with Gasteiger partial charge in [-0.25, -0.2) is 4.79 Å². The van der Waals surface area contributed by atoms with Crippen molar-refractivity contribution >= 4 is 11.9 Å². The van der Waals surface area contributed by atoms with Crippen molar-refractivity contribution in [3.8, 4) is 0 Å². The molecule has 1 fully saturated rings. The van der Waals surface area contributed by atoms with Crippen molar-refractivity contribution < 1.29 is 14.7 Å². The van der Waals surface area contributed by atoms with Crippen LogP contribution in [0.25, 0.3) is 0 Å². The first-order valence-corrected chi connectivity index (χ1v) is 7.14. The van der Waals surface area contributed by atoms with E-state index in [-0.39, 0.29) is 11.8 Å². The lowest BCUT2D eigenvalue weighted by Crippen LogP contribution is -2.45. The molecule has 0 bridgehead atoms. The van der Waals surface area contributed by atoms with E-state index < -0.39 is 12.0 Å². The molecule has 0 aliphatic carbocycles. The summed E-state index contributed by atoms with van der Waals surface area (Å²) in [4.78, 5) is 25.1. The number of carboxylic acids is 1. The van der Waals surface area contributed by atoms with Gasteiger partial charge in [0.1, 0.15) is 6.04 Å². The van der Waals surface area contributed by atoms with Crippen LogP contribution in [0.2, 0.25) is 0 Å². The summed E-state index contributed by atoms with van der Waals surface area (Å²) < 4.78 is 0. The van der Waals surface area contributed by atoms with Gasteiger partial charge in [0, 0.05) is 19.5 Å². The summed E-state index contributed by atoms with van der Waals surface area (Å²) in [5.41, 5.74) is 0. The highest BCUT2D eigenvalue weighted by Gasteiger charge is 2.24. The third kappa shape index (κ3) is 5.59. The average molecular weight is 270 g/mol. The minimum atomic E-state index is -0.963. The Labute approximate surface area is 115 Å². The molecule has 0 aromatic heterocycles. The van der Waals surface area contributed by atoms with Gasteiger partial charge in [-0.3, -0.25) is 4.79 Å². The highest BCUT2D eigenvalue weighted by atomic mass is 16.4. The molecule has 5 nitrogen and oxygen atoms in total. The first-order chi connectivity index (χ1) is 8.90. The average Bonchev–Trinajstić information content (AvgIpc) is 2.32. The van der Waals surface area contributed by atoms with E-state index >= 15 is 0 Å². The number of rotatable bonds is 6. The second-order valence-corrected chi connectivity index (χ2v) is 5.93. The maximum Gasteiger partial charge on any atom is 0.326 e. The van der Waals surface area contributed by atoms with E-state index in [1.807, 2.05) is 0 Å². The Hall–Kier alpha value is -1.10. The number of piperidine rings is 1. The van der Waals surface area contributed by atoms with Gasteiger partial charge < -0.3 is 15.3 Å². The lowest BCUT2D eigenvalue weighted by molar-refractivity contribution is -0.143. The summed E-state index contributed by atoms with van der Waals surface area (Å²) in [6.45, 7) is 8.63. The normalized spacial score (nSPS) is 22.2. The second kappa shape index (κ2) is 7.48. The third-order valence-electron chi connectivity index (χ3n) is 3.65. The Balaban J connectivity index is 2.32. The summed E-state index contributed by atoms with van der Waals surface area (Å²) in [5.74, 6) is -0.537. The minimum absolute atomic E-state index is 0.101. The molecule has 2 unspecified atom stereocenters. The molecule has 1 aliphatic rings. The molecular formula is C14H26N2O3. The molecule has 1 saturated heterocycles. The molecular weight excluding hydrogens is 244 g/mol. The number of nitrogens with one attached hydrogen (secondary N) is 1. The lowest BCUT2D eigenvalue weighted by atomic mass is 10.0. The number of carboxylic acid groups (broad SMARTS) is 1. The molecule has 0 radical (unpaired) electrons. The van der Waals surface area contributed by atoms with Crippen LogP contribution in [0.4, 0.5) is 0 Å². The van der Waals surface area contributed by atoms with Gasteiger partial charge >= 0.3 is 5.97 Å². The molecule has 0 spiro atoms.